The van der Waals surface area contributed by atoms with Crippen molar-refractivity contribution in [1.82, 2.24) is 4.90 Å². The van der Waals surface area contributed by atoms with Crippen molar-refractivity contribution in [2.24, 2.45) is 11.1 Å². The van der Waals surface area contributed by atoms with Gasteiger partial charge in [0.15, 0.2) is 0 Å². The van der Waals surface area contributed by atoms with Crippen LogP contribution in [0.2, 0.25) is 0 Å². The first-order chi connectivity index (χ1) is 8.37. The summed E-state index contributed by atoms with van der Waals surface area (Å²) in [6.45, 7) is 2.78. The summed E-state index contributed by atoms with van der Waals surface area (Å²) in [6, 6.07) is 0. The number of nitrogens with two attached hydrogens (primary N) is 1. The highest BCUT2D eigenvalue weighted by Gasteiger charge is 2.44. The Hall–Kier alpha value is -1.10. The smallest absolute Gasteiger partial charge is 0.309 e. The Kier molecular flexibility index (Phi) is 3.36. The molecule has 2 aliphatic rings. The van der Waals surface area contributed by atoms with Gasteiger partial charge in [0, 0.05) is 13.1 Å². The quantitative estimate of drug-likeness (QED) is 0.769. The van der Waals surface area contributed by atoms with Crippen molar-refractivity contribution < 1.29 is 14.7 Å². The van der Waals surface area contributed by atoms with Crippen molar-refractivity contribution in [2.45, 2.75) is 51.0 Å². The number of amides is 1. The van der Waals surface area contributed by atoms with Crippen LogP contribution < -0.4 is 5.73 Å². The number of nitrogens with zero attached hydrogens (tertiary/aromatic N) is 1. The molecule has 3 N–H and O–H groups in total. The molecule has 1 saturated carbocycles. The summed E-state index contributed by atoms with van der Waals surface area (Å²) in [5.74, 6) is -0.745. The van der Waals surface area contributed by atoms with Crippen LogP contribution in [0.4, 0.5) is 0 Å². The molecule has 2 rings (SSSR count). The summed E-state index contributed by atoms with van der Waals surface area (Å²) in [5.41, 5.74) is 4.78. The highest BCUT2D eigenvalue weighted by atomic mass is 16.4. The van der Waals surface area contributed by atoms with E-state index in [-0.39, 0.29) is 5.91 Å². The third-order valence-corrected chi connectivity index (χ3v) is 4.59. The van der Waals surface area contributed by atoms with Gasteiger partial charge < -0.3 is 15.7 Å². The number of hydrogen-bond acceptors (Lipinski definition) is 3. The Morgan fingerprint density at radius 3 is 2.06 bits per heavy atom. The molecule has 5 heteroatoms. The van der Waals surface area contributed by atoms with E-state index in [1.54, 1.807) is 11.8 Å². The Bertz CT molecular complexity index is 353. The van der Waals surface area contributed by atoms with Crippen molar-refractivity contribution >= 4 is 11.9 Å². The van der Waals surface area contributed by atoms with Crippen molar-refractivity contribution in [2.75, 3.05) is 13.1 Å². The first-order valence-corrected chi connectivity index (χ1v) is 6.69. The maximum absolute atomic E-state index is 12.4. The van der Waals surface area contributed by atoms with Crippen LogP contribution in [0.3, 0.4) is 0 Å². The fourth-order valence-corrected chi connectivity index (χ4v) is 2.95. The minimum absolute atomic E-state index is 0.0208. The molecule has 0 aromatic heterocycles. The van der Waals surface area contributed by atoms with Gasteiger partial charge in [-0.2, -0.15) is 0 Å². The van der Waals surface area contributed by atoms with E-state index >= 15 is 0 Å². The number of aliphatic carboxylic acids is 1. The first kappa shape index (κ1) is 13.3. The zero-order chi connectivity index (χ0) is 13.4. The Balaban J connectivity index is 1.98. The number of carbonyl (C=O) groups excluding carboxylic acids is 1. The molecular formula is C13H22N2O3. The molecule has 1 aliphatic heterocycles. The van der Waals surface area contributed by atoms with E-state index < -0.39 is 16.9 Å². The molecule has 1 amide bonds. The van der Waals surface area contributed by atoms with Gasteiger partial charge in [-0.25, -0.2) is 0 Å². The highest BCUT2D eigenvalue weighted by molar-refractivity contribution is 5.87. The van der Waals surface area contributed by atoms with Gasteiger partial charge >= 0.3 is 5.97 Å². The van der Waals surface area contributed by atoms with Crippen LogP contribution in [-0.4, -0.2) is 40.5 Å². The molecule has 1 aliphatic carbocycles. The van der Waals surface area contributed by atoms with E-state index in [2.05, 4.69) is 0 Å². The first-order valence-electron chi connectivity index (χ1n) is 6.69. The monoisotopic (exact) mass is 254 g/mol. The largest absolute Gasteiger partial charge is 0.481 e. The predicted molar refractivity (Wildman–Crippen MR) is 66.9 cm³/mol. The molecule has 0 aromatic carbocycles. The lowest BCUT2D eigenvalue weighted by Gasteiger charge is -2.39. The lowest BCUT2D eigenvalue weighted by atomic mass is 9.80. The number of carboxylic acids is 1. The molecule has 18 heavy (non-hydrogen) atoms. The molecule has 0 radical (unpaired) electrons. The summed E-state index contributed by atoms with van der Waals surface area (Å²) < 4.78 is 0. The van der Waals surface area contributed by atoms with Crippen LogP contribution in [-0.2, 0) is 9.59 Å². The SMILES string of the molecule is CC1(C(=O)O)CCN(C(=O)C2(N)CCCC2)CC1. The minimum Gasteiger partial charge on any atom is -0.481 e. The van der Waals surface area contributed by atoms with Gasteiger partial charge in [-0.3, -0.25) is 9.59 Å². The van der Waals surface area contributed by atoms with E-state index in [0.717, 1.165) is 25.7 Å². The second kappa shape index (κ2) is 4.53. The van der Waals surface area contributed by atoms with Gasteiger partial charge in [0.2, 0.25) is 5.91 Å². The maximum atomic E-state index is 12.4. The van der Waals surface area contributed by atoms with Gasteiger partial charge in [0.25, 0.3) is 0 Å². The zero-order valence-electron chi connectivity index (χ0n) is 10.9. The Morgan fingerprint density at radius 1 is 1.11 bits per heavy atom. The van der Waals surface area contributed by atoms with Crippen LogP contribution in [0.25, 0.3) is 0 Å². The molecular weight excluding hydrogens is 232 g/mol. The molecule has 2 fully saturated rings. The fraction of sp³-hybridized carbons (Fsp3) is 0.846. The topological polar surface area (TPSA) is 83.6 Å². The number of carbonyl (C=O) groups is 2. The molecule has 0 atom stereocenters. The maximum Gasteiger partial charge on any atom is 0.309 e. The van der Waals surface area contributed by atoms with Gasteiger partial charge in [-0.1, -0.05) is 12.8 Å². The second-order valence-electron chi connectivity index (χ2n) is 6.02. The van der Waals surface area contributed by atoms with E-state index in [4.69, 9.17) is 10.8 Å². The molecule has 0 aromatic rings. The van der Waals surface area contributed by atoms with E-state index in [0.29, 0.717) is 25.9 Å². The summed E-state index contributed by atoms with van der Waals surface area (Å²) in [6.07, 6.45) is 4.59. The van der Waals surface area contributed by atoms with Crippen LogP contribution in [0.1, 0.15) is 45.4 Å². The predicted octanol–water partition coefficient (Wildman–Crippen LogP) is 0.971. The van der Waals surface area contributed by atoms with Gasteiger partial charge in [-0.05, 0) is 32.6 Å². The van der Waals surface area contributed by atoms with Gasteiger partial charge in [0.05, 0.1) is 11.0 Å². The van der Waals surface area contributed by atoms with Crippen LogP contribution in [0.5, 0.6) is 0 Å². The zero-order valence-corrected chi connectivity index (χ0v) is 10.9. The lowest BCUT2D eigenvalue weighted by molar-refractivity contribution is -0.154. The third-order valence-electron chi connectivity index (χ3n) is 4.59. The van der Waals surface area contributed by atoms with Crippen molar-refractivity contribution in [3.05, 3.63) is 0 Å². The molecule has 0 unspecified atom stereocenters. The van der Waals surface area contributed by atoms with Gasteiger partial charge in [0.1, 0.15) is 0 Å². The molecule has 1 heterocycles. The molecule has 1 saturated heterocycles. The fourth-order valence-electron chi connectivity index (χ4n) is 2.95. The standard InChI is InChI=1S/C13H22N2O3/c1-12(11(17)18)6-8-15(9-7-12)10(16)13(14)4-2-3-5-13/h2-9,14H2,1H3,(H,17,18). The van der Waals surface area contributed by atoms with Gasteiger partial charge in [-0.15, -0.1) is 0 Å². The average Bonchev–Trinajstić information content (AvgIpc) is 2.77. The number of carboxylic acid groups (broad SMARTS) is 1. The van der Waals surface area contributed by atoms with E-state index in [1.807, 2.05) is 0 Å². The van der Waals surface area contributed by atoms with Crippen LogP contribution >= 0.6 is 0 Å². The summed E-state index contributed by atoms with van der Waals surface area (Å²) in [4.78, 5) is 25.3. The minimum atomic E-state index is -0.766. The lowest BCUT2D eigenvalue weighted by Crippen LogP contribution is -2.56. The normalized spacial score (nSPS) is 26.0. The van der Waals surface area contributed by atoms with Crippen LogP contribution in [0, 0.1) is 5.41 Å². The summed E-state index contributed by atoms with van der Waals surface area (Å²) in [5, 5.41) is 9.16. The van der Waals surface area contributed by atoms with E-state index in [9.17, 15) is 9.59 Å². The summed E-state index contributed by atoms with van der Waals surface area (Å²) >= 11 is 0. The highest BCUT2D eigenvalue weighted by Crippen LogP contribution is 2.34. The molecule has 0 bridgehead atoms. The summed E-state index contributed by atoms with van der Waals surface area (Å²) in [7, 11) is 0. The number of rotatable bonds is 2. The molecule has 0 spiro atoms. The second-order valence-corrected chi connectivity index (χ2v) is 6.02. The Labute approximate surface area is 107 Å². The van der Waals surface area contributed by atoms with E-state index in [1.165, 1.54) is 0 Å². The number of likely N-dealkylation sites (tertiary alicyclic amines) is 1. The average molecular weight is 254 g/mol. The van der Waals surface area contributed by atoms with Crippen LogP contribution in [0.15, 0.2) is 0 Å². The third kappa shape index (κ3) is 2.23. The Morgan fingerprint density at radius 2 is 1.61 bits per heavy atom. The van der Waals surface area contributed by atoms with Crippen molar-refractivity contribution in [3.8, 4) is 0 Å². The van der Waals surface area contributed by atoms with Crippen molar-refractivity contribution in [3.63, 3.8) is 0 Å². The molecule has 102 valence electrons. The number of hydrogen-bond donors (Lipinski definition) is 2. The van der Waals surface area contributed by atoms with Crippen molar-refractivity contribution in [1.29, 1.82) is 0 Å². The number of piperidine rings is 1. The molecule has 5 nitrogen and oxygen atoms in total.